The van der Waals surface area contributed by atoms with E-state index < -0.39 is 0 Å². The Balaban J connectivity index is 0.000000842. The lowest BCUT2D eigenvalue weighted by Gasteiger charge is -2.12. The Labute approximate surface area is 186 Å². The van der Waals surface area contributed by atoms with E-state index in [9.17, 15) is 9.59 Å². The molecule has 32 heavy (non-hydrogen) atoms. The van der Waals surface area contributed by atoms with Gasteiger partial charge in [0, 0.05) is 48.6 Å². The average Bonchev–Trinajstić information content (AvgIpc) is 3.41. The van der Waals surface area contributed by atoms with Gasteiger partial charge in [-0.1, -0.05) is 50.2 Å². The van der Waals surface area contributed by atoms with Gasteiger partial charge in [0.15, 0.2) is 0 Å². The molecule has 0 atom stereocenters. The fraction of sp³-hybridized carbons (Fsp3) is 0.200. The number of aryl methyl sites for hydroxylation is 1. The maximum atomic E-state index is 13.0. The largest absolute Gasteiger partial charge is 0.342 e. The summed E-state index contributed by atoms with van der Waals surface area (Å²) >= 11 is 0. The number of carbonyl (C=O) groups is 2. The van der Waals surface area contributed by atoms with Gasteiger partial charge in [0.1, 0.15) is 0 Å². The smallest absolute Gasteiger partial charge is 0.259 e. The third kappa shape index (κ3) is 2.45. The molecule has 7 heteroatoms. The van der Waals surface area contributed by atoms with Crippen LogP contribution in [0, 0.1) is 0 Å². The van der Waals surface area contributed by atoms with Gasteiger partial charge in [-0.05, 0) is 12.1 Å². The van der Waals surface area contributed by atoms with E-state index in [1.54, 1.807) is 0 Å². The number of nitrogens with one attached hydrogen (secondary N) is 2. The van der Waals surface area contributed by atoms with Crippen LogP contribution >= 0.6 is 0 Å². The number of carbonyl (C=O) groups excluding carboxylic acids is 2. The van der Waals surface area contributed by atoms with E-state index in [1.807, 2.05) is 74.1 Å². The summed E-state index contributed by atoms with van der Waals surface area (Å²) in [6.45, 7) is 5.04. The van der Waals surface area contributed by atoms with Crippen LogP contribution in [-0.4, -0.2) is 34.1 Å². The quantitative estimate of drug-likeness (QED) is 0.377. The number of amides is 2. The summed E-state index contributed by atoms with van der Waals surface area (Å²) in [4.78, 5) is 25.9. The summed E-state index contributed by atoms with van der Waals surface area (Å²) in [5.74, 6) is -0.693. The SMILES string of the molecule is CC.Cn1c2ccccc2c2c3c(c4c5ccccc5n(NCCN)c4c21)C(=O)NC3=O.[HH]. The first-order valence-corrected chi connectivity index (χ1v) is 10.9. The van der Waals surface area contributed by atoms with Crippen LogP contribution in [0.4, 0.5) is 0 Å². The number of fused-ring (bicyclic) bond motifs is 10. The van der Waals surface area contributed by atoms with Crippen LogP contribution in [0.25, 0.3) is 43.6 Å². The molecule has 0 bridgehead atoms. The molecule has 6 rings (SSSR count). The minimum Gasteiger partial charge on any atom is -0.342 e. The molecule has 0 unspecified atom stereocenters. The third-order valence-electron chi connectivity index (χ3n) is 6.05. The zero-order chi connectivity index (χ0) is 22.6. The van der Waals surface area contributed by atoms with Gasteiger partial charge in [-0.15, -0.1) is 0 Å². The second-order valence-electron chi connectivity index (χ2n) is 7.61. The van der Waals surface area contributed by atoms with Crippen molar-refractivity contribution in [2.75, 3.05) is 18.5 Å². The van der Waals surface area contributed by atoms with Crippen LogP contribution in [-0.2, 0) is 7.05 Å². The van der Waals surface area contributed by atoms with Crippen molar-refractivity contribution >= 4 is 55.4 Å². The van der Waals surface area contributed by atoms with Crippen LogP contribution < -0.4 is 16.5 Å². The van der Waals surface area contributed by atoms with Crippen molar-refractivity contribution in [2.24, 2.45) is 12.8 Å². The summed E-state index contributed by atoms with van der Waals surface area (Å²) in [6, 6.07) is 15.9. The van der Waals surface area contributed by atoms with E-state index in [0.717, 1.165) is 43.6 Å². The second-order valence-corrected chi connectivity index (χ2v) is 7.61. The highest BCUT2D eigenvalue weighted by molar-refractivity contribution is 6.39. The van der Waals surface area contributed by atoms with Gasteiger partial charge in [0.25, 0.3) is 11.8 Å². The van der Waals surface area contributed by atoms with Gasteiger partial charge in [-0.3, -0.25) is 19.6 Å². The predicted molar refractivity (Wildman–Crippen MR) is 132 cm³/mol. The molecule has 0 radical (unpaired) electrons. The van der Waals surface area contributed by atoms with E-state index in [2.05, 4.69) is 15.3 Å². The number of benzene rings is 3. The van der Waals surface area contributed by atoms with E-state index in [1.165, 1.54) is 0 Å². The molecule has 1 aliphatic heterocycles. The van der Waals surface area contributed by atoms with Gasteiger partial charge in [-0.2, -0.15) is 0 Å². The standard InChI is InChI=1S/C23H19N5O2.C2H6.H2/c1-27-14-8-4-2-6-12(14)16-18-19(23(30)26-22(18)29)17-13-7-3-5-9-15(13)28(25-11-10-24)21(17)20(16)27;1-2;/h2-9,25H,10-11,24H2,1H3,(H,26,29,30);1-2H3;1H. The first-order valence-electron chi connectivity index (χ1n) is 10.9. The molecule has 7 nitrogen and oxygen atoms in total. The minimum absolute atomic E-state index is 0. The van der Waals surface area contributed by atoms with Gasteiger partial charge in [0.05, 0.1) is 27.7 Å². The molecular formula is C25H27N5O2. The number of imide groups is 1. The van der Waals surface area contributed by atoms with E-state index in [4.69, 9.17) is 5.73 Å². The lowest BCUT2D eigenvalue weighted by molar-refractivity contribution is 0.0880. The molecule has 2 aromatic heterocycles. The molecule has 1 aliphatic rings. The van der Waals surface area contributed by atoms with Crippen LogP contribution in [0.2, 0.25) is 0 Å². The Morgan fingerprint density at radius 3 is 2.03 bits per heavy atom. The number of hydrogen-bond acceptors (Lipinski definition) is 4. The summed E-state index contributed by atoms with van der Waals surface area (Å²) < 4.78 is 4.11. The van der Waals surface area contributed by atoms with Gasteiger partial charge in [0.2, 0.25) is 0 Å². The fourth-order valence-electron chi connectivity index (χ4n) is 4.91. The first-order chi connectivity index (χ1) is 15.6. The maximum Gasteiger partial charge on any atom is 0.259 e. The Bertz CT molecular complexity index is 1560. The van der Waals surface area contributed by atoms with Crippen molar-refractivity contribution < 1.29 is 11.0 Å². The molecule has 3 heterocycles. The Hall–Kier alpha value is -3.84. The van der Waals surface area contributed by atoms with Gasteiger partial charge in [-0.25, -0.2) is 0 Å². The van der Waals surface area contributed by atoms with Crippen molar-refractivity contribution in [3.8, 4) is 0 Å². The molecule has 164 valence electrons. The van der Waals surface area contributed by atoms with Crippen molar-refractivity contribution in [3.63, 3.8) is 0 Å². The molecular weight excluding hydrogens is 402 g/mol. The number of para-hydroxylation sites is 2. The molecule has 2 amide bonds. The number of hydrogen-bond donors (Lipinski definition) is 3. The molecule has 0 saturated carbocycles. The highest BCUT2D eigenvalue weighted by atomic mass is 16.2. The van der Waals surface area contributed by atoms with Crippen molar-refractivity contribution in [3.05, 3.63) is 59.7 Å². The highest BCUT2D eigenvalue weighted by Crippen LogP contribution is 2.43. The zero-order valence-electron chi connectivity index (χ0n) is 18.3. The number of aromatic nitrogens is 2. The Morgan fingerprint density at radius 2 is 1.41 bits per heavy atom. The molecule has 0 spiro atoms. The normalized spacial score (nSPS) is 13.0. The summed E-state index contributed by atoms with van der Waals surface area (Å²) in [5, 5.41) is 5.98. The van der Waals surface area contributed by atoms with Crippen molar-refractivity contribution in [1.29, 1.82) is 0 Å². The molecule has 3 aromatic carbocycles. The first kappa shape index (κ1) is 20.1. The van der Waals surface area contributed by atoms with Gasteiger partial charge >= 0.3 is 0 Å². The monoisotopic (exact) mass is 429 g/mol. The second kappa shape index (κ2) is 7.39. The van der Waals surface area contributed by atoms with Gasteiger partial charge < -0.3 is 15.7 Å². The average molecular weight is 430 g/mol. The van der Waals surface area contributed by atoms with Crippen LogP contribution in [0.15, 0.2) is 48.5 Å². The molecule has 0 aliphatic carbocycles. The topological polar surface area (TPSA) is 94.1 Å². The van der Waals surface area contributed by atoms with E-state index in [-0.39, 0.29) is 13.2 Å². The predicted octanol–water partition coefficient (Wildman–Crippen LogP) is 4.10. The molecule has 5 aromatic rings. The van der Waals surface area contributed by atoms with E-state index in [0.29, 0.717) is 24.2 Å². The lowest BCUT2D eigenvalue weighted by Crippen LogP contribution is -2.22. The number of rotatable bonds is 3. The Morgan fingerprint density at radius 1 is 0.875 bits per heavy atom. The summed E-state index contributed by atoms with van der Waals surface area (Å²) in [6.07, 6.45) is 0. The van der Waals surface area contributed by atoms with Crippen LogP contribution in [0.5, 0.6) is 0 Å². The minimum atomic E-state index is -0.350. The summed E-state index contributed by atoms with van der Waals surface area (Å²) in [5.41, 5.74) is 13.8. The third-order valence-corrected chi connectivity index (χ3v) is 6.05. The van der Waals surface area contributed by atoms with Crippen LogP contribution in [0.1, 0.15) is 36.0 Å². The number of nitrogens with two attached hydrogens (primary N) is 1. The number of nitrogens with zero attached hydrogens (tertiary/aromatic N) is 2. The molecule has 4 N–H and O–H groups in total. The zero-order valence-corrected chi connectivity index (χ0v) is 18.3. The van der Waals surface area contributed by atoms with Crippen LogP contribution in [0.3, 0.4) is 0 Å². The Kier molecular flexibility index (Phi) is 4.64. The fourth-order valence-corrected chi connectivity index (χ4v) is 4.91. The van der Waals surface area contributed by atoms with Crippen molar-refractivity contribution in [1.82, 2.24) is 14.6 Å². The summed E-state index contributed by atoms with van der Waals surface area (Å²) in [7, 11) is 2.00. The van der Waals surface area contributed by atoms with Crippen molar-refractivity contribution in [2.45, 2.75) is 13.8 Å². The highest BCUT2D eigenvalue weighted by Gasteiger charge is 2.36. The maximum absolute atomic E-state index is 13.0. The molecule has 0 saturated heterocycles. The lowest BCUT2D eigenvalue weighted by atomic mass is 9.97. The molecule has 0 fully saturated rings. The van der Waals surface area contributed by atoms with E-state index >= 15 is 0 Å².